The van der Waals surface area contributed by atoms with Crippen LogP contribution in [0.15, 0.2) is 42.7 Å². The van der Waals surface area contributed by atoms with Crippen LogP contribution in [0.3, 0.4) is 0 Å². The van der Waals surface area contributed by atoms with Gasteiger partial charge in [0.15, 0.2) is 9.84 Å². The second-order valence-electron chi connectivity index (χ2n) is 6.54. The van der Waals surface area contributed by atoms with Gasteiger partial charge in [-0.3, -0.25) is 0 Å². The molecule has 1 aromatic carbocycles. The normalized spacial score (nSPS) is 12.4. The molecule has 3 rings (SSSR count). The fraction of sp³-hybridized carbons (Fsp3) is 0.263. The number of anilines is 4. The first-order chi connectivity index (χ1) is 13.2. The van der Waals surface area contributed by atoms with Gasteiger partial charge in [-0.05, 0) is 32.4 Å². The molecule has 0 radical (unpaired) electrons. The SMILES string of the molecule is Cc1cc(Nc2cc(Nc3ccccc3C(C)S(C)(=O)=O)ncn2)nc(C)n1. The third-order valence-corrected chi connectivity index (χ3v) is 5.73. The van der Waals surface area contributed by atoms with Gasteiger partial charge in [0, 0.05) is 29.8 Å². The maximum Gasteiger partial charge on any atom is 0.154 e. The highest BCUT2D eigenvalue weighted by Crippen LogP contribution is 2.30. The summed E-state index contributed by atoms with van der Waals surface area (Å²) in [4.78, 5) is 17.0. The molecule has 2 aromatic heterocycles. The van der Waals surface area contributed by atoms with Gasteiger partial charge in [-0.1, -0.05) is 18.2 Å². The van der Waals surface area contributed by atoms with E-state index in [1.54, 1.807) is 19.1 Å². The maximum atomic E-state index is 12.0. The summed E-state index contributed by atoms with van der Waals surface area (Å²) >= 11 is 0. The van der Waals surface area contributed by atoms with E-state index in [2.05, 4.69) is 30.6 Å². The molecular weight excluding hydrogens is 376 g/mol. The Morgan fingerprint density at radius 1 is 0.929 bits per heavy atom. The Kier molecular flexibility index (Phi) is 5.55. The van der Waals surface area contributed by atoms with E-state index in [1.807, 2.05) is 38.1 Å². The van der Waals surface area contributed by atoms with Crippen molar-refractivity contribution in [1.29, 1.82) is 0 Å². The van der Waals surface area contributed by atoms with Crippen LogP contribution in [0.25, 0.3) is 0 Å². The van der Waals surface area contributed by atoms with Crippen LogP contribution in [0.2, 0.25) is 0 Å². The number of benzene rings is 1. The Morgan fingerprint density at radius 3 is 2.29 bits per heavy atom. The molecule has 3 aromatic rings. The van der Waals surface area contributed by atoms with Gasteiger partial charge in [0.1, 0.15) is 29.6 Å². The fourth-order valence-corrected chi connectivity index (χ4v) is 3.41. The zero-order chi connectivity index (χ0) is 20.3. The summed E-state index contributed by atoms with van der Waals surface area (Å²) in [5.74, 6) is 2.40. The van der Waals surface area contributed by atoms with Crippen LogP contribution >= 0.6 is 0 Å². The minimum Gasteiger partial charge on any atom is -0.340 e. The van der Waals surface area contributed by atoms with E-state index in [9.17, 15) is 8.42 Å². The lowest BCUT2D eigenvalue weighted by Gasteiger charge is -2.16. The minimum absolute atomic E-state index is 0.535. The van der Waals surface area contributed by atoms with Crippen molar-refractivity contribution in [3.05, 3.63) is 59.8 Å². The van der Waals surface area contributed by atoms with Crippen molar-refractivity contribution < 1.29 is 8.42 Å². The van der Waals surface area contributed by atoms with Crippen molar-refractivity contribution in [3.63, 3.8) is 0 Å². The lowest BCUT2D eigenvalue weighted by molar-refractivity contribution is 0.592. The summed E-state index contributed by atoms with van der Waals surface area (Å²) in [5, 5.41) is 5.68. The lowest BCUT2D eigenvalue weighted by atomic mass is 10.1. The van der Waals surface area contributed by atoms with Gasteiger partial charge in [-0.2, -0.15) is 0 Å². The molecule has 8 nitrogen and oxygen atoms in total. The fourth-order valence-electron chi connectivity index (χ4n) is 2.74. The summed E-state index contributed by atoms with van der Waals surface area (Å²) in [6.45, 7) is 5.39. The zero-order valence-corrected chi connectivity index (χ0v) is 16.9. The standard InChI is InChI=1S/C19H22N6O2S/c1-12-9-19(23-14(3)22-12)25-18-10-17(20-11-21-18)24-16-8-6-5-7-15(16)13(2)28(4,26)27/h5-11,13H,1-4H3,(H2,20,21,22,23,24,25). The monoisotopic (exact) mass is 398 g/mol. The Bertz CT molecular complexity index is 1080. The topological polar surface area (TPSA) is 110 Å². The van der Waals surface area contributed by atoms with E-state index in [1.165, 1.54) is 12.6 Å². The van der Waals surface area contributed by atoms with E-state index in [0.29, 0.717) is 34.5 Å². The van der Waals surface area contributed by atoms with Crippen LogP contribution < -0.4 is 10.6 Å². The van der Waals surface area contributed by atoms with Crippen LogP contribution in [-0.2, 0) is 9.84 Å². The number of aromatic nitrogens is 4. The molecule has 28 heavy (non-hydrogen) atoms. The highest BCUT2D eigenvalue weighted by Gasteiger charge is 2.20. The highest BCUT2D eigenvalue weighted by molar-refractivity contribution is 7.90. The highest BCUT2D eigenvalue weighted by atomic mass is 32.2. The third-order valence-electron chi connectivity index (χ3n) is 4.19. The van der Waals surface area contributed by atoms with Gasteiger partial charge in [-0.15, -0.1) is 0 Å². The first-order valence-electron chi connectivity index (χ1n) is 8.68. The first kappa shape index (κ1) is 19.7. The van der Waals surface area contributed by atoms with Gasteiger partial charge in [0.2, 0.25) is 0 Å². The zero-order valence-electron chi connectivity index (χ0n) is 16.1. The molecule has 0 saturated carbocycles. The van der Waals surface area contributed by atoms with Crippen molar-refractivity contribution in [2.24, 2.45) is 0 Å². The summed E-state index contributed by atoms with van der Waals surface area (Å²) in [6.07, 6.45) is 2.65. The number of rotatable bonds is 6. The Labute approximate surface area is 164 Å². The smallest absolute Gasteiger partial charge is 0.154 e. The molecule has 0 saturated heterocycles. The maximum absolute atomic E-state index is 12.0. The number of aryl methyl sites for hydroxylation is 2. The van der Waals surface area contributed by atoms with E-state index >= 15 is 0 Å². The molecule has 9 heteroatoms. The van der Waals surface area contributed by atoms with Crippen LogP contribution in [0.1, 0.15) is 29.3 Å². The van der Waals surface area contributed by atoms with E-state index in [4.69, 9.17) is 0 Å². The number of nitrogens with one attached hydrogen (secondary N) is 2. The van der Waals surface area contributed by atoms with Gasteiger partial charge >= 0.3 is 0 Å². The molecule has 1 atom stereocenters. The van der Waals surface area contributed by atoms with Crippen molar-refractivity contribution >= 4 is 33.0 Å². The number of hydrogen-bond acceptors (Lipinski definition) is 8. The number of sulfone groups is 1. The molecule has 0 amide bonds. The van der Waals surface area contributed by atoms with E-state index in [0.717, 1.165) is 5.69 Å². The lowest BCUT2D eigenvalue weighted by Crippen LogP contribution is -2.10. The van der Waals surface area contributed by atoms with E-state index < -0.39 is 15.1 Å². The summed E-state index contributed by atoms with van der Waals surface area (Å²) in [6, 6.07) is 10.8. The van der Waals surface area contributed by atoms with Crippen molar-refractivity contribution in [3.8, 4) is 0 Å². The van der Waals surface area contributed by atoms with Gasteiger partial charge in [-0.25, -0.2) is 28.4 Å². The van der Waals surface area contributed by atoms with Crippen LogP contribution in [-0.4, -0.2) is 34.6 Å². The number of para-hydroxylation sites is 1. The summed E-state index contributed by atoms with van der Waals surface area (Å²) < 4.78 is 23.9. The predicted molar refractivity (Wildman–Crippen MR) is 110 cm³/mol. The minimum atomic E-state index is -3.23. The van der Waals surface area contributed by atoms with Gasteiger partial charge in [0.25, 0.3) is 0 Å². The Hall–Kier alpha value is -3.07. The van der Waals surface area contributed by atoms with Crippen molar-refractivity contribution in [2.45, 2.75) is 26.0 Å². The third kappa shape index (κ3) is 4.80. The van der Waals surface area contributed by atoms with Crippen molar-refractivity contribution in [2.75, 3.05) is 16.9 Å². The number of hydrogen-bond donors (Lipinski definition) is 2. The predicted octanol–water partition coefficient (Wildman–Crippen LogP) is 3.48. The molecule has 2 N–H and O–H groups in total. The second kappa shape index (κ2) is 7.89. The number of nitrogens with zero attached hydrogens (tertiary/aromatic N) is 4. The second-order valence-corrected chi connectivity index (χ2v) is 8.91. The van der Waals surface area contributed by atoms with E-state index in [-0.39, 0.29) is 0 Å². The summed E-state index contributed by atoms with van der Waals surface area (Å²) in [7, 11) is -3.23. The molecule has 0 aliphatic carbocycles. The molecule has 1 unspecified atom stereocenters. The first-order valence-corrected chi connectivity index (χ1v) is 10.6. The average Bonchev–Trinajstić information content (AvgIpc) is 2.60. The van der Waals surface area contributed by atoms with Crippen LogP contribution in [0, 0.1) is 13.8 Å². The van der Waals surface area contributed by atoms with Crippen molar-refractivity contribution in [1.82, 2.24) is 19.9 Å². The molecule has 0 aliphatic rings. The molecule has 146 valence electrons. The molecule has 2 heterocycles. The van der Waals surface area contributed by atoms with Gasteiger partial charge in [0.05, 0.1) is 5.25 Å². The Balaban J connectivity index is 1.86. The van der Waals surface area contributed by atoms with Gasteiger partial charge < -0.3 is 10.6 Å². The molecule has 0 spiro atoms. The van der Waals surface area contributed by atoms with Crippen LogP contribution in [0.5, 0.6) is 0 Å². The molecule has 0 bridgehead atoms. The summed E-state index contributed by atoms with van der Waals surface area (Å²) in [5.41, 5.74) is 2.21. The Morgan fingerprint density at radius 2 is 1.61 bits per heavy atom. The quantitative estimate of drug-likeness (QED) is 0.649. The largest absolute Gasteiger partial charge is 0.340 e. The molecule has 0 fully saturated rings. The molecule has 0 aliphatic heterocycles. The molecular formula is C19H22N6O2S. The van der Waals surface area contributed by atoms with Crippen LogP contribution in [0.4, 0.5) is 23.1 Å². The average molecular weight is 398 g/mol.